The van der Waals surface area contributed by atoms with Gasteiger partial charge in [0.15, 0.2) is 0 Å². The fourth-order valence-electron chi connectivity index (χ4n) is 1.64. The van der Waals surface area contributed by atoms with Crippen LogP contribution >= 0.6 is 0 Å². The maximum atomic E-state index is 5.81. The second-order valence-corrected chi connectivity index (χ2v) is 4.97. The quantitative estimate of drug-likeness (QED) is 0.585. The Kier molecular flexibility index (Phi) is 8.90. The summed E-state index contributed by atoms with van der Waals surface area (Å²) in [6.07, 6.45) is 3.53. The summed E-state index contributed by atoms with van der Waals surface area (Å²) in [6.45, 7) is 13.3. The summed E-state index contributed by atoms with van der Waals surface area (Å²) >= 11 is 0. The van der Waals surface area contributed by atoms with Gasteiger partial charge >= 0.3 is 0 Å². The van der Waals surface area contributed by atoms with Crippen LogP contribution in [0.15, 0.2) is 0 Å². The molecule has 0 aliphatic heterocycles. The van der Waals surface area contributed by atoms with E-state index in [1.165, 1.54) is 12.8 Å². The van der Waals surface area contributed by atoms with Crippen molar-refractivity contribution in [1.82, 2.24) is 4.90 Å². The zero-order valence-electron chi connectivity index (χ0n) is 11.6. The summed E-state index contributed by atoms with van der Waals surface area (Å²) in [5.74, 6) is 0. The van der Waals surface area contributed by atoms with Crippen molar-refractivity contribution in [3.63, 3.8) is 0 Å². The van der Waals surface area contributed by atoms with Crippen LogP contribution < -0.4 is 5.73 Å². The molecule has 3 heteroatoms. The summed E-state index contributed by atoms with van der Waals surface area (Å²) in [6, 6.07) is 0. The Morgan fingerprint density at radius 2 is 1.75 bits per heavy atom. The van der Waals surface area contributed by atoms with Gasteiger partial charge in [-0.1, -0.05) is 20.3 Å². The van der Waals surface area contributed by atoms with Gasteiger partial charge in [-0.05, 0) is 33.2 Å². The average Bonchev–Trinajstić information content (AvgIpc) is 2.27. The number of hydrogen-bond acceptors (Lipinski definition) is 3. The number of ether oxygens (including phenoxy) is 1. The average molecular weight is 230 g/mol. The fourth-order valence-corrected chi connectivity index (χ4v) is 1.64. The Hall–Kier alpha value is -0.120. The lowest BCUT2D eigenvalue weighted by Gasteiger charge is -2.37. The van der Waals surface area contributed by atoms with Crippen LogP contribution in [0.25, 0.3) is 0 Å². The number of hydrogen-bond donors (Lipinski definition) is 1. The van der Waals surface area contributed by atoms with Crippen LogP contribution in [0.2, 0.25) is 0 Å². The molecule has 0 radical (unpaired) electrons. The third kappa shape index (κ3) is 6.46. The van der Waals surface area contributed by atoms with Crippen molar-refractivity contribution < 1.29 is 4.74 Å². The topological polar surface area (TPSA) is 38.5 Å². The molecule has 16 heavy (non-hydrogen) atoms. The van der Waals surface area contributed by atoms with Crippen molar-refractivity contribution in [1.29, 1.82) is 0 Å². The first-order chi connectivity index (χ1) is 7.58. The SMILES string of the molecule is CCCCOCCN(CCC)C(C)(C)CN. The van der Waals surface area contributed by atoms with E-state index >= 15 is 0 Å². The van der Waals surface area contributed by atoms with Crippen molar-refractivity contribution in [3.8, 4) is 0 Å². The van der Waals surface area contributed by atoms with Gasteiger partial charge in [-0.15, -0.1) is 0 Å². The molecule has 0 aromatic rings. The smallest absolute Gasteiger partial charge is 0.0593 e. The van der Waals surface area contributed by atoms with Gasteiger partial charge in [-0.3, -0.25) is 4.90 Å². The van der Waals surface area contributed by atoms with Gasteiger partial charge in [0.2, 0.25) is 0 Å². The summed E-state index contributed by atoms with van der Waals surface area (Å²) < 4.78 is 5.61. The Bertz CT molecular complexity index is 160. The molecule has 2 N–H and O–H groups in total. The zero-order valence-corrected chi connectivity index (χ0v) is 11.6. The second kappa shape index (κ2) is 8.97. The predicted molar refractivity (Wildman–Crippen MR) is 70.7 cm³/mol. The van der Waals surface area contributed by atoms with Gasteiger partial charge in [0.05, 0.1) is 6.61 Å². The highest BCUT2D eigenvalue weighted by Crippen LogP contribution is 2.12. The molecule has 0 aromatic heterocycles. The lowest BCUT2D eigenvalue weighted by molar-refractivity contribution is 0.0597. The van der Waals surface area contributed by atoms with Crippen molar-refractivity contribution in [2.75, 3.05) is 32.8 Å². The van der Waals surface area contributed by atoms with Gasteiger partial charge in [0.1, 0.15) is 0 Å². The molecule has 0 unspecified atom stereocenters. The third-order valence-corrected chi connectivity index (χ3v) is 3.00. The van der Waals surface area contributed by atoms with E-state index in [4.69, 9.17) is 10.5 Å². The van der Waals surface area contributed by atoms with Crippen molar-refractivity contribution in [2.45, 2.75) is 52.5 Å². The maximum absolute atomic E-state index is 5.81. The standard InChI is InChI=1S/C13H30N2O/c1-5-7-10-16-11-9-15(8-6-2)13(3,4)12-14/h5-12,14H2,1-4H3. The van der Waals surface area contributed by atoms with Gasteiger partial charge in [0, 0.05) is 25.2 Å². The van der Waals surface area contributed by atoms with Gasteiger partial charge in [-0.2, -0.15) is 0 Å². The van der Waals surface area contributed by atoms with Crippen molar-refractivity contribution in [3.05, 3.63) is 0 Å². The summed E-state index contributed by atoms with van der Waals surface area (Å²) in [5, 5.41) is 0. The highest BCUT2D eigenvalue weighted by atomic mass is 16.5. The minimum Gasteiger partial charge on any atom is -0.380 e. The molecular weight excluding hydrogens is 200 g/mol. The van der Waals surface area contributed by atoms with E-state index in [9.17, 15) is 0 Å². The fraction of sp³-hybridized carbons (Fsp3) is 1.00. The Labute approximate surface area is 101 Å². The zero-order chi connectivity index (χ0) is 12.4. The normalized spacial score (nSPS) is 12.4. The second-order valence-electron chi connectivity index (χ2n) is 4.97. The molecule has 0 aliphatic rings. The van der Waals surface area contributed by atoms with E-state index in [-0.39, 0.29) is 5.54 Å². The van der Waals surface area contributed by atoms with E-state index in [1.807, 2.05) is 0 Å². The van der Waals surface area contributed by atoms with Crippen LogP contribution in [0.3, 0.4) is 0 Å². The predicted octanol–water partition coefficient (Wildman–Crippen LogP) is 2.25. The number of nitrogens with zero attached hydrogens (tertiary/aromatic N) is 1. The molecule has 98 valence electrons. The molecule has 0 saturated heterocycles. The van der Waals surface area contributed by atoms with Crippen LogP contribution in [-0.4, -0.2) is 43.3 Å². The monoisotopic (exact) mass is 230 g/mol. The molecule has 0 heterocycles. The highest BCUT2D eigenvalue weighted by molar-refractivity contribution is 4.82. The Morgan fingerprint density at radius 3 is 2.25 bits per heavy atom. The highest BCUT2D eigenvalue weighted by Gasteiger charge is 2.23. The molecule has 0 aromatic carbocycles. The van der Waals surface area contributed by atoms with Gasteiger partial charge in [-0.25, -0.2) is 0 Å². The molecule has 0 saturated carbocycles. The van der Waals surface area contributed by atoms with Gasteiger partial charge < -0.3 is 10.5 Å². The molecule has 0 atom stereocenters. The molecule has 0 rings (SSSR count). The molecule has 0 aliphatic carbocycles. The van der Waals surface area contributed by atoms with Crippen LogP contribution in [0.5, 0.6) is 0 Å². The summed E-state index contributed by atoms with van der Waals surface area (Å²) in [7, 11) is 0. The molecular formula is C13H30N2O. The molecule has 0 fully saturated rings. The third-order valence-electron chi connectivity index (χ3n) is 3.00. The molecule has 0 amide bonds. The van der Waals surface area contributed by atoms with Crippen molar-refractivity contribution in [2.24, 2.45) is 5.73 Å². The van der Waals surface area contributed by atoms with E-state index < -0.39 is 0 Å². The van der Waals surface area contributed by atoms with Crippen molar-refractivity contribution >= 4 is 0 Å². The first kappa shape index (κ1) is 15.9. The first-order valence-electron chi connectivity index (χ1n) is 6.61. The molecule has 0 spiro atoms. The summed E-state index contributed by atoms with van der Waals surface area (Å²) in [4.78, 5) is 2.43. The van der Waals surface area contributed by atoms with E-state index in [2.05, 4.69) is 32.6 Å². The van der Waals surface area contributed by atoms with E-state index in [0.29, 0.717) is 6.54 Å². The summed E-state index contributed by atoms with van der Waals surface area (Å²) in [5.41, 5.74) is 5.89. The lowest BCUT2D eigenvalue weighted by Crippen LogP contribution is -2.50. The Balaban J connectivity index is 3.85. The van der Waals surface area contributed by atoms with Gasteiger partial charge in [0.25, 0.3) is 0 Å². The molecule has 3 nitrogen and oxygen atoms in total. The van der Waals surface area contributed by atoms with E-state index in [1.54, 1.807) is 0 Å². The number of unbranched alkanes of at least 4 members (excludes halogenated alkanes) is 1. The first-order valence-corrected chi connectivity index (χ1v) is 6.61. The minimum absolute atomic E-state index is 0.0874. The van der Waals surface area contributed by atoms with E-state index in [0.717, 1.165) is 32.7 Å². The van der Waals surface area contributed by atoms with Crippen LogP contribution in [-0.2, 0) is 4.74 Å². The number of rotatable bonds is 10. The lowest BCUT2D eigenvalue weighted by atomic mass is 10.0. The maximum Gasteiger partial charge on any atom is 0.0593 e. The largest absolute Gasteiger partial charge is 0.380 e. The minimum atomic E-state index is 0.0874. The van der Waals surface area contributed by atoms with Crippen LogP contribution in [0.1, 0.15) is 47.0 Å². The van der Waals surface area contributed by atoms with Crippen LogP contribution in [0, 0.1) is 0 Å². The Morgan fingerprint density at radius 1 is 1.06 bits per heavy atom. The van der Waals surface area contributed by atoms with Crippen LogP contribution in [0.4, 0.5) is 0 Å². The molecule has 0 bridgehead atoms. The number of nitrogens with two attached hydrogens (primary N) is 1.